The van der Waals surface area contributed by atoms with Crippen LogP contribution in [0.3, 0.4) is 0 Å². The van der Waals surface area contributed by atoms with Crippen LogP contribution < -0.4 is 4.74 Å². The molecule has 0 spiro atoms. The summed E-state index contributed by atoms with van der Waals surface area (Å²) in [5, 5.41) is 0. The van der Waals surface area contributed by atoms with Gasteiger partial charge >= 0.3 is 6.61 Å². The molecule has 1 aromatic rings. The van der Waals surface area contributed by atoms with Crippen LogP contribution in [0.25, 0.3) is 0 Å². The molecular weight excluding hydrogens is 206 g/mol. The van der Waals surface area contributed by atoms with Gasteiger partial charge in [-0.05, 0) is 25.1 Å². The molecule has 0 unspecified atom stereocenters. The molecule has 0 fully saturated rings. The summed E-state index contributed by atoms with van der Waals surface area (Å²) in [6.07, 6.45) is 0.526. The van der Waals surface area contributed by atoms with Crippen molar-refractivity contribution >= 4 is 12.1 Å². The third-order valence-electron chi connectivity index (χ3n) is 1.74. The normalized spacial score (nSPS) is 10.1. The van der Waals surface area contributed by atoms with Crippen molar-refractivity contribution in [1.82, 2.24) is 0 Å². The highest BCUT2D eigenvalue weighted by molar-refractivity contribution is 5.98. The van der Waals surface area contributed by atoms with Crippen LogP contribution in [0.15, 0.2) is 18.2 Å². The summed E-state index contributed by atoms with van der Waals surface area (Å²) in [5.74, 6) is -0.655. The fraction of sp³-hybridized carbons (Fsp3) is 0.200. The van der Waals surface area contributed by atoms with E-state index < -0.39 is 12.4 Å². The molecule has 0 heterocycles. The topological polar surface area (TPSA) is 43.4 Å². The molecule has 0 aliphatic carbocycles. The summed E-state index contributed by atoms with van der Waals surface area (Å²) in [7, 11) is 0. The van der Waals surface area contributed by atoms with Gasteiger partial charge in [0.2, 0.25) is 0 Å². The molecule has 1 aromatic carbocycles. The first-order valence-electron chi connectivity index (χ1n) is 4.09. The Hall–Kier alpha value is -1.78. The van der Waals surface area contributed by atoms with Gasteiger partial charge < -0.3 is 4.74 Å². The maximum Gasteiger partial charge on any atom is 0.387 e. The highest BCUT2D eigenvalue weighted by Crippen LogP contribution is 2.22. The molecule has 1 rings (SSSR count). The number of aldehydes is 1. The average molecular weight is 214 g/mol. The second-order valence-corrected chi connectivity index (χ2v) is 2.81. The molecule has 0 atom stereocenters. The summed E-state index contributed by atoms with van der Waals surface area (Å²) >= 11 is 0. The molecular formula is C10H8F2O3. The molecule has 0 radical (unpaired) electrons. The number of Topliss-reactive ketones (excluding diaryl/α,β-unsaturated/α-hetero) is 1. The first-order chi connectivity index (χ1) is 7.04. The van der Waals surface area contributed by atoms with Gasteiger partial charge in [-0.1, -0.05) is 0 Å². The Labute approximate surface area is 84.7 Å². The van der Waals surface area contributed by atoms with Crippen molar-refractivity contribution in [3.63, 3.8) is 0 Å². The van der Waals surface area contributed by atoms with Gasteiger partial charge in [0.1, 0.15) is 12.0 Å². The third kappa shape index (κ3) is 2.83. The van der Waals surface area contributed by atoms with Crippen LogP contribution in [0, 0.1) is 0 Å². The number of carbonyl (C=O) groups excluding carboxylic acids is 2. The Bertz CT molecular complexity index is 388. The Morgan fingerprint density at radius 2 is 2.13 bits per heavy atom. The van der Waals surface area contributed by atoms with Gasteiger partial charge in [-0.25, -0.2) is 0 Å². The highest BCUT2D eigenvalue weighted by Gasteiger charge is 2.13. The maximum absolute atomic E-state index is 11.9. The second-order valence-electron chi connectivity index (χ2n) is 2.81. The lowest BCUT2D eigenvalue weighted by Crippen LogP contribution is -2.06. The second kappa shape index (κ2) is 4.63. The fourth-order valence-electron chi connectivity index (χ4n) is 1.09. The molecule has 0 saturated carbocycles. The number of carbonyl (C=O) groups is 2. The van der Waals surface area contributed by atoms with Gasteiger partial charge in [-0.2, -0.15) is 8.78 Å². The maximum atomic E-state index is 11.9. The molecule has 5 heteroatoms. The van der Waals surface area contributed by atoms with Crippen LogP contribution in [0.4, 0.5) is 8.78 Å². The van der Waals surface area contributed by atoms with Crippen LogP contribution >= 0.6 is 0 Å². The Kier molecular flexibility index (Phi) is 3.49. The Morgan fingerprint density at radius 3 is 2.60 bits per heavy atom. The molecule has 0 aliphatic heterocycles. The van der Waals surface area contributed by atoms with Gasteiger partial charge in [0.15, 0.2) is 5.78 Å². The number of halogens is 2. The minimum Gasteiger partial charge on any atom is -0.434 e. The lowest BCUT2D eigenvalue weighted by atomic mass is 10.1. The summed E-state index contributed by atoms with van der Waals surface area (Å²) in [6, 6.07) is 3.69. The van der Waals surface area contributed by atoms with E-state index in [9.17, 15) is 18.4 Å². The first-order valence-corrected chi connectivity index (χ1v) is 4.09. The fourth-order valence-corrected chi connectivity index (χ4v) is 1.09. The minimum atomic E-state index is -3.00. The molecule has 80 valence electrons. The number of hydrogen-bond donors (Lipinski definition) is 0. The zero-order valence-electron chi connectivity index (χ0n) is 7.87. The van der Waals surface area contributed by atoms with Gasteiger partial charge in [0, 0.05) is 5.56 Å². The van der Waals surface area contributed by atoms with Crippen molar-refractivity contribution in [2.75, 3.05) is 0 Å². The molecule has 0 saturated heterocycles. The lowest BCUT2D eigenvalue weighted by Gasteiger charge is -2.08. The quantitative estimate of drug-likeness (QED) is 0.570. The van der Waals surface area contributed by atoms with E-state index in [1.807, 2.05) is 0 Å². The van der Waals surface area contributed by atoms with Crippen LogP contribution in [0.5, 0.6) is 5.75 Å². The van der Waals surface area contributed by atoms with Crippen molar-refractivity contribution in [2.45, 2.75) is 13.5 Å². The summed E-state index contributed by atoms with van der Waals surface area (Å²) in [5.41, 5.74) is 0.210. The molecule has 0 amide bonds. The number of alkyl halides is 2. The highest BCUT2D eigenvalue weighted by atomic mass is 19.3. The van der Waals surface area contributed by atoms with Gasteiger partial charge in [0.05, 0.1) is 5.56 Å². The van der Waals surface area contributed by atoms with E-state index in [0.29, 0.717) is 6.29 Å². The van der Waals surface area contributed by atoms with E-state index in [2.05, 4.69) is 4.74 Å². The van der Waals surface area contributed by atoms with Gasteiger partial charge in [-0.3, -0.25) is 9.59 Å². The molecule has 0 aromatic heterocycles. The first kappa shape index (κ1) is 11.3. The van der Waals surface area contributed by atoms with E-state index in [-0.39, 0.29) is 16.9 Å². The summed E-state index contributed by atoms with van der Waals surface area (Å²) in [4.78, 5) is 21.5. The summed E-state index contributed by atoms with van der Waals surface area (Å²) in [6.45, 7) is -1.78. The SMILES string of the molecule is CC(=O)c1cc(C=O)ccc1OC(F)F. The predicted molar refractivity (Wildman–Crippen MR) is 48.5 cm³/mol. The zero-order valence-corrected chi connectivity index (χ0v) is 7.87. The van der Waals surface area contributed by atoms with E-state index in [1.165, 1.54) is 25.1 Å². The summed E-state index contributed by atoms with van der Waals surface area (Å²) < 4.78 is 28.0. The number of benzene rings is 1. The number of hydrogen-bond acceptors (Lipinski definition) is 3. The largest absolute Gasteiger partial charge is 0.434 e. The molecule has 3 nitrogen and oxygen atoms in total. The predicted octanol–water partition coefficient (Wildman–Crippen LogP) is 2.30. The monoisotopic (exact) mass is 214 g/mol. The van der Waals surface area contributed by atoms with Gasteiger partial charge in [-0.15, -0.1) is 0 Å². The van der Waals surface area contributed by atoms with Crippen LogP contribution in [0.1, 0.15) is 27.6 Å². The van der Waals surface area contributed by atoms with Crippen molar-refractivity contribution < 1.29 is 23.1 Å². The Morgan fingerprint density at radius 1 is 1.47 bits per heavy atom. The van der Waals surface area contributed by atoms with Crippen LogP contribution in [-0.4, -0.2) is 18.7 Å². The number of ketones is 1. The standard InChI is InChI=1S/C10H8F2O3/c1-6(14)8-4-7(5-13)2-3-9(8)15-10(11)12/h2-5,10H,1H3. The molecule has 0 aliphatic rings. The van der Waals surface area contributed by atoms with E-state index in [1.54, 1.807) is 0 Å². The average Bonchev–Trinajstić information content (AvgIpc) is 2.17. The molecule has 0 N–H and O–H groups in total. The zero-order chi connectivity index (χ0) is 11.4. The Balaban J connectivity index is 3.14. The minimum absolute atomic E-state index is 0.0279. The third-order valence-corrected chi connectivity index (χ3v) is 1.74. The molecule has 15 heavy (non-hydrogen) atoms. The van der Waals surface area contributed by atoms with E-state index >= 15 is 0 Å². The number of rotatable bonds is 4. The van der Waals surface area contributed by atoms with Crippen LogP contribution in [0.2, 0.25) is 0 Å². The molecule has 0 bridgehead atoms. The van der Waals surface area contributed by atoms with Crippen molar-refractivity contribution in [3.05, 3.63) is 29.3 Å². The van der Waals surface area contributed by atoms with Crippen molar-refractivity contribution in [1.29, 1.82) is 0 Å². The van der Waals surface area contributed by atoms with Crippen molar-refractivity contribution in [3.8, 4) is 5.75 Å². The van der Waals surface area contributed by atoms with Crippen molar-refractivity contribution in [2.24, 2.45) is 0 Å². The van der Waals surface area contributed by atoms with Crippen LogP contribution in [-0.2, 0) is 0 Å². The van der Waals surface area contributed by atoms with E-state index in [0.717, 1.165) is 0 Å². The lowest BCUT2D eigenvalue weighted by molar-refractivity contribution is -0.0501. The van der Waals surface area contributed by atoms with E-state index in [4.69, 9.17) is 0 Å². The van der Waals surface area contributed by atoms with Gasteiger partial charge in [0.25, 0.3) is 0 Å². The number of ether oxygens (including phenoxy) is 1. The smallest absolute Gasteiger partial charge is 0.387 e.